The third-order valence-electron chi connectivity index (χ3n) is 6.50. The average molecular weight is 500 g/mol. The second kappa shape index (κ2) is 12.2. The Morgan fingerprint density at radius 2 is 0.868 bits per heavy atom. The molecule has 38 heavy (non-hydrogen) atoms. The van der Waals surface area contributed by atoms with Crippen molar-refractivity contribution in [2.75, 3.05) is 0 Å². The monoisotopic (exact) mass is 499 g/mol. The minimum absolute atomic E-state index is 0.0161. The molecule has 0 unspecified atom stereocenters. The molecule has 0 aromatic heterocycles. The third kappa shape index (κ3) is 5.14. The minimum Gasteiger partial charge on any atom is -0.321 e. The molecular formula is C35H33NO2. The molecule has 0 fully saturated rings. The first-order chi connectivity index (χ1) is 18.7. The van der Waals surface area contributed by atoms with Gasteiger partial charge in [0.05, 0.1) is 16.8 Å². The number of hydrogen-bond donors (Lipinski definition) is 1. The smallest absolute Gasteiger partial charge is 0.256 e. The zero-order valence-corrected chi connectivity index (χ0v) is 22.4. The van der Waals surface area contributed by atoms with Crippen LogP contribution in [0.1, 0.15) is 45.2 Å². The molecular weight excluding hydrogens is 466 g/mol. The summed E-state index contributed by atoms with van der Waals surface area (Å²) in [5, 5.41) is 2.96. The maximum Gasteiger partial charge on any atom is 0.256 e. The molecule has 0 spiro atoms. The van der Waals surface area contributed by atoms with Gasteiger partial charge in [-0.3, -0.25) is 9.59 Å². The first-order valence-corrected chi connectivity index (χ1v) is 13.3. The highest BCUT2D eigenvalue weighted by molar-refractivity contribution is 6.31. The van der Waals surface area contributed by atoms with Crippen molar-refractivity contribution >= 4 is 23.0 Å². The van der Waals surface area contributed by atoms with Gasteiger partial charge >= 0.3 is 0 Å². The normalized spacial score (nSPS) is 13.8. The fourth-order valence-electron chi connectivity index (χ4n) is 4.80. The average Bonchev–Trinajstić information content (AvgIpc) is 3.54. The molecule has 0 bridgehead atoms. The number of benzene rings is 4. The molecule has 4 aromatic rings. The van der Waals surface area contributed by atoms with Crippen LogP contribution in [0, 0.1) is 0 Å². The van der Waals surface area contributed by atoms with E-state index in [9.17, 15) is 9.59 Å². The lowest BCUT2D eigenvalue weighted by atomic mass is 9.97. The molecule has 4 aromatic carbocycles. The SMILES string of the molecule is CC.CC.O=C1CC(c2ccc(-c3ccccc3)cc2)=C2C(=O)NC(c3ccc(-c4ccccc4)cc3)=C12. The van der Waals surface area contributed by atoms with Crippen LogP contribution in [0.15, 0.2) is 120 Å². The van der Waals surface area contributed by atoms with E-state index in [2.05, 4.69) is 29.6 Å². The Morgan fingerprint density at radius 3 is 1.34 bits per heavy atom. The van der Waals surface area contributed by atoms with Gasteiger partial charge in [0.2, 0.25) is 0 Å². The van der Waals surface area contributed by atoms with E-state index in [1.165, 1.54) is 0 Å². The fourth-order valence-corrected chi connectivity index (χ4v) is 4.80. The lowest BCUT2D eigenvalue weighted by Crippen LogP contribution is -2.16. The number of ketones is 1. The van der Waals surface area contributed by atoms with Crippen LogP contribution >= 0.6 is 0 Å². The first kappa shape index (κ1) is 26.6. The van der Waals surface area contributed by atoms with E-state index < -0.39 is 0 Å². The Labute approximate surface area is 225 Å². The van der Waals surface area contributed by atoms with Gasteiger partial charge in [-0.05, 0) is 39.0 Å². The molecule has 3 nitrogen and oxygen atoms in total. The standard InChI is InChI=1S/C31H21NO2.2C2H6/c33-27-19-26(24-15-11-22(12-16-24)20-7-3-1-4-8-20)28-29(27)30(32-31(28)34)25-17-13-23(14-18-25)21-9-5-2-6-10-21;2*1-2/h1-18H,19H2,(H,32,34);2*1-2H3. The van der Waals surface area contributed by atoms with Gasteiger partial charge in [-0.1, -0.05) is 137 Å². The summed E-state index contributed by atoms with van der Waals surface area (Å²) in [7, 11) is 0. The van der Waals surface area contributed by atoms with Gasteiger partial charge in [0.15, 0.2) is 5.78 Å². The van der Waals surface area contributed by atoms with E-state index in [0.717, 1.165) is 39.0 Å². The molecule has 1 heterocycles. The molecule has 1 aliphatic carbocycles. The zero-order valence-electron chi connectivity index (χ0n) is 22.4. The van der Waals surface area contributed by atoms with Crippen molar-refractivity contribution in [3.05, 3.63) is 131 Å². The molecule has 3 heteroatoms. The summed E-state index contributed by atoms with van der Waals surface area (Å²) in [6.07, 6.45) is 0.244. The second-order valence-corrected chi connectivity index (χ2v) is 8.54. The topological polar surface area (TPSA) is 46.2 Å². The van der Waals surface area contributed by atoms with Gasteiger partial charge in [0.1, 0.15) is 0 Å². The highest BCUT2D eigenvalue weighted by atomic mass is 16.2. The third-order valence-corrected chi connectivity index (χ3v) is 6.50. The maximum absolute atomic E-state index is 13.1. The second-order valence-electron chi connectivity index (χ2n) is 8.54. The lowest BCUT2D eigenvalue weighted by Gasteiger charge is -2.08. The van der Waals surface area contributed by atoms with E-state index in [4.69, 9.17) is 0 Å². The maximum atomic E-state index is 13.1. The molecule has 0 saturated carbocycles. The number of hydrogen-bond acceptors (Lipinski definition) is 2. The summed E-state index contributed by atoms with van der Waals surface area (Å²) in [4.78, 5) is 26.0. The summed E-state index contributed by atoms with van der Waals surface area (Å²) < 4.78 is 0. The van der Waals surface area contributed by atoms with Gasteiger partial charge in [-0.15, -0.1) is 0 Å². The first-order valence-electron chi connectivity index (χ1n) is 13.3. The quantitative estimate of drug-likeness (QED) is 0.307. The highest BCUT2D eigenvalue weighted by Crippen LogP contribution is 2.42. The number of Topliss-reactive ketones (excluding diaryl/α,β-unsaturated/α-hetero) is 1. The molecule has 1 aliphatic heterocycles. The molecule has 0 saturated heterocycles. The Hall–Kier alpha value is -4.50. The molecule has 1 amide bonds. The predicted molar refractivity (Wildman–Crippen MR) is 158 cm³/mol. The highest BCUT2D eigenvalue weighted by Gasteiger charge is 2.40. The number of rotatable bonds is 4. The van der Waals surface area contributed by atoms with Crippen molar-refractivity contribution < 1.29 is 9.59 Å². The zero-order chi connectivity index (χ0) is 27.1. The molecule has 190 valence electrons. The van der Waals surface area contributed by atoms with Crippen LogP contribution in [-0.4, -0.2) is 11.7 Å². The lowest BCUT2D eigenvalue weighted by molar-refractivity contribution is -0.116. The Kier molecular flexibility index (Phi) is 8.50. The van der Waals surface area contributed by atoms with Crippen molar-refractivity contribution in [2.45, 2.75) is 34.1 Å². The van der Waals surface area contributed by atoms with Gasteiger partial charge in [0, 0.05) is 6.42 Å². The number of carbonyl (C=O) groups excluding carboxylic acids is 2. The van der Waals surface area contributed by atoms with Crippen LogP contribution in [0.25, 0.3) is 33.5 Å². The summed E-state index contributed by atoms with van der Waals surface area (Å²) in [6.45, 7) is 8.00. The predicted octanol–water partition coefficient (Wildman–Crippen LogP) is 8.34. The number of carbonyl (C=O) groups is 2. The molecule has 6 rings (SSSR count). The summed E-state index contributed by atoms with van der Waals surface area (Å²) in [5.74, 6) is -0.220. The summed E-state index contributed by atoms with van der Waals surface area (Å²) in [6, 6.07) is 36.3. The Bertz CT molecular complexity index is 1360. The van der Waals surface area contributed by atoms with Crippen LogP contribution in [0.5, 0.6) is 0 Å². The van der Waals surface area contributed by atoms with Crippen LogP contribution in [0.3, 0.4) is 0 Å². The van der Waals surface area contributed by atoms with Crippen LogP contribution in [-0.2, 0) is 9.59 Å². The van der Waals surface area contributed by atoms with Gasteiger partial charge in [-0.25, -0.2) is 0 Å². The van der Waals surface area contributed by atoms with E-state index in [0.29, 0.717) is 16.8 Å². The molecule has 0 atom stereocenters. The van der Waals surface area contributed by atoms with Crippen molar-refractivity contribution in [1.29, 1.82) is 0 Å². The van der Waals surface area contributed by atoms with Crippen LogP contribution in [0.2, 0.25) is 0 Å². The molecule has 2 aliphatic rings. The van der Waals surface area contributed by atoms with Crippen molar-refractivity contribution in [3.63, 3.8) is 0 Å². The largest absolute Gasteiger partial charge is 0.321 e. The van der Waals surface area contributed by atoms with Crippen molar-refractivity contribution in [3.8, 4) is 22.3 Å². The Balaban J connectivity index is 0.000000804. The van der Waals surface area contributed by atoms with Gasteiger partial charge < -0.3 is 5.32 Å². The van der Waals surface area contributed by atoms with E-state index in [1.807, 2.05) is 113 Å². The van der Waals surface area contributed by atoms with Crippen molar-refractivity contribution in [2.24, 2.45) is 0 Å². The Morgan fingerprint density at radius 1 is 0.474 bits per heavy atom. The number of allylic oxidation sites excluding steroid dienone is 1. The van der Waals surface area contributed by atoms with Gasteiger partial charge in [-0.2, -0.15) is 0 Å². The summed E-state index contributed by atoms with van der Waals surface area (Å²) in [5.41, 5.74) is 8.64. The number of amides is 1. The fraction of sp³-hybridized carbons (Fsp3) is 0.143. The minimum atomic E-state index is -0.204. The molecule has 0 radical (unpaired) electrons. The van der Waals surface area contributed by atoms with E-state index >= 15 is 0 Å². The number of nitrogens with one attached hydrogen (secondary N) is 1. The van der Waals surface area contributed by atoms with Crippen LogP contribution in [0.4, 0.5) is 0 Å². The van der Waals surface area contributed by atoms with E-state index in [1.54, 1.807) is 0 Å². The number of fused-ring (bicyclic) bond motifs is 1. The van der Waals surface area contributed by atoms with Crippen LogP contribution < -0.4 is 5.32 Å². The van der Waals surface area contributed by atoms with E-state index in [-0.39, 0.29) is 18.1 Å². The van der Waals surface area contributed by atoms with Gasteiger partial charge in [0.25, 0.3) is 5.91 Å². The molecule has 1 N–H and O–H groups in total. The van der Waals surface area contributed by atoms with Crippen molar-refractivity contribution in [1.82, 2.24) is 5.32 Å². The summed E-state index contributed by atoms with van der Waals surface area (Å²) >= 11 is 0.